The van der Waals surface area contributed by atoms with Crippen LogP contribution in [0.5, 0.6) is 0 Å². The average Bonchev–Trinajstić information content (AvgIpc) is 2.31. The van der Waals surface area contributed by atoms with Crippen molar-refractivity contribution in [1.82, 2.24) is 4.72 Å². The zero-order valence-corrected chi connectivity index (χ0v) is 12.9. The van der Waals surface area contributed by atoms with Crippen molar-refractivity contribution in [2.24, 2.45) is 11.7 Å². The highest BCUT2D eigenvalue weighted by Gasteiger charge is 2.23. The largest absolute Gasteiger partial charge is 0.330 e. The van der Waals surface area contributed by atoms with E-state index in [0.717, 1.165) is 11.1 Å². The third-order valence-electron chi connectivity index (χ3n) is 3.22. The van der Waals surface area contributed by atoms with Crippen molar-refractivity contribution in [3.8, 4) is 0 Å². The van der Waals surface area contributed by atoms with Gasteiger partial charge in [-0.2, -0.15) is 0 Å². The number of nitrogens with one attached hydrogen (secondary N) is 1. The summed E-state index contributed by atoms with van der Waals surface area (Å²) in [7, 11) is -3.49. The molecule has 0 fully saturated rings. The molecule has 0 heterocycles. The molecule has 0 saturated carbocycles. The van der Waals surface area contributed by atoms with Crippen molar-refractivity contribution in [3.63, 3.8) is 0 Å². The molecule has 0 saturated heterocycles. The molecular weight excluding hydrogens is 260 g/mol. The Labute approximate surface area is 116 Å². The molecule has 3 N–H and O–H groups in total. The third kappa shape index (κ3) is 4.30. The number of hydrogen-bond acceptors (Lipinski definition) is 3. The van der Waals surface area contributed by atoms with Gasteiger partial charge in [0.1, 0.15) is 0 Å². The minimum Gasteiger partial charge on any atom is -0.330 e. The summed E-state index contributed by atoms with van der Waals surface area (Å²) in [5.74, 6) is 0.212. The van der Waals surface area contributed by atoms with Gasteiger partial charge >= 0.3 is 0 Å². The van der Waals surface area contributed by atoms with Crippen LogP contribution >= 0.6 is 0 Å². The first-order valence-corrected chi connectivity index (χ1v) is 8.06. The lowest BCUT2D eigenvalue weighted by Crippen LogP contribution is -2.40. The maximum absolute atomic E-state index is 12.4. The Morgan fingerprint density at radius 2 is 1.89 bits per heavy atom. The highest BCUT2D eigenvalue weighted by molar-refractivity contribution is 7.89. The summed E-state index contributed by atoms with van der Waals surface area (Å²) >= 11 is 0. The van der Waals surface area contributed by atoms with Crippen LogP contribution in [0.25, 0.3) is 0 Å². The maximum Gasteiger partial charge on any atom is 0.241 e. The topological polar surface area (TPSA) is 72.2 Å². The van der Waals surface area contributed by atoms with Gasteiger partial charge in [-0.1, -0.05) is 26.0 Å². The van der Waals surface area contributed by atoms with Gasteiger partial charge < -0.3 is 5.73 Å². The van der Waals surface area contributed by atoms with Gasteiger partial charge in [-0.3, -0.25) is 0 Å². The summed E-state index contributed by atoms with van der Waals surface area (Å²) in [5.41, 5.74) is 7.24. The molecule has 0 aliphatic carbocycles. The van der Waals surface area contributed by atoms with Gasteiger partial charge in [0.2, 0.25) is 10.0 Å². The molecule has 108 valence electrons. The van der Waals surface area contributed by atoms with E-state index >= 15 is 0 Å². The minimum absolute atomic E-state index is 0.130. The molecule has 0 radical (unpaired) electrons. The Hall–Kier alpha value is -0.910. The van der Waals surface area contributed by atoms with Crippen LogP contribution in [0.4, 0.5) is 0 Å². The first-order chi connectivity index (χ1) is 8.77. The number of hydrogen-bond donors (Lipinski definition) is 2. The summed E-state index contributed by atoms with van der Waals surface area (Å²) in [6.45, 7) is 8.15. The van der Waals surface area contributed by atoms with Crippen molar-refractivity contribution < 1.29 is 8.42 Å². The van der Waals surface area contributed by atoms with Crippen LogP contribution in [0, 0.1) is 19.8 Å². The first-order valence-electron chi connectivity index (χ1n) is 6.57. The highest BCUT2D eigenvalue weighted by Crippen LogP contribution is 2.18. The number of nitrogens with two attached hydrogens (primary N) is 1. The maximum atomic E-state index is 12.4. The fourth-order valence-corrected chi connectivity index (χ4v) is 3.72. The van der Waals surface area contributed by atoms with Gasteiger partial charge in [-0.15, -0.1) is 0 Å². The predicted molar refractivity (Wildman–Crippen MR) is 78.5 cm³/mol. The SMILES string of the molecule is Cc1ccc(C)c(S(=O)(=O)NC(CCN)C(C)C)c1. The van der Waals surface area contributed by atoms with Crippen molar-refractivity contribution in [1.29, 1.82) is 0 Å². The fourth-order valence-electron chi connectivity index (χ4n) is 1.97. The smallest absolute Gasteiger partial charge is 0.241 e. The van der Waals surface area contributed by atoms with Gasteiger partial charge in [0.15, 0.2) is 0 Å². The average molecular weight is 284 g/mol. The van der Waals surface area contributed by atoms with Gasteiger partial charge in [-0.05, 0) is 49.9 Å². The number of rotatable bonds is 6. The van der Waals surface area contributed by atoms with Crippen LogP contribution < -0.4 is 10.5 Å². The quantitative estimate of drug-likeness (QED) is 0.838. The summed E-state index contributed by atoms with van der Waals surface area (Å²) in [6, 6.07) is 5.32. The van der Waals surface area contributed by atoms with Crippen LogP contribution in [0.1, 0.15) is 31.4 Å². The molecule has 0 bridgehead atoms. The number of benzene rings is 1. The lowest BCUT2D eigenvalue weighted by Gasteiger charge is -2.22. The molecule has 0 aliphatic rings. The van der Waals surface area contributed by atoms with E-state index in [0.29, 0.717) is 17.9 Å². The lowest BCUT2D eigenvalue weighted by molar-refractivity contribution is 0.428. The molecule has 1 unspecified atom stereocenters. The molecule has 5 heteroatoms. The Bertz CT molecular complexity index is 524. The Kier molecular flexibility index (Phi) is 5.52. The van der Waals surface area contributed by atoms with E-state index in [1.54, 1.807) is 13.0 Å². The van der Waals surface area contributed by atoms with Gasteiger partial charge in [-0.25, -0.2) is 13.1 Å². The Morgan fingerprint density at radius 3 is 2.42 bits per heavy atom. The van der Waals surface area contributed by atoms with Crippen molar-refractivity contribution in [3.05, 3.63) is 29.3 Å². The third-order valence-corrected chi connectivity index (χ3v) is 4.85. The van der Waals surface area contributed by atoms with E-state index in [-0.39, 0.29) is 12.0 Å². The first kappa shape index (κ1) is 16.1. The standard InChI is InChI=1S/C14H24N2O2S/c1-10(2)13(7-8-15)16-19(17,18)14-9-11(3)5-6-12(14)4/h5-6,9-10,13,16H,7-8,15H2,1-4H3. The molecule has 0 amide bonds. The number of sulfonamides is 1. The molecule has 0 aliphatic heterocycles. The number of aryl methyl sites for hydroxylation is 2. The van der Waals surface area contributed by atoms with Crippen LogP contribution in [0.3, 0.4) is 0 Å². The normalized spacial score (nSPS) is 13.8. The fraction of sp³-hybridized carbons (Fsp3) is 0.571. The van der Waals surface area contributed by atoms with Crippen LogP contribution in [0.15, 0.2) is 23.1 Å². The van der Waals surface area contributed by atoms with Crippen molar-refractivity contribution in [2.75, 3.05) is 6.54 Å². The predicted octanol–water partition coefficient (Wildman–Crippen LogP) is 1.96. The summed E-state index contributed by atoms with van der Waals surface area (Å²) < 4.78 is 27.7. The van der Waals surface area contributed by atoms with E-state index in [4.69, 9.17) is 5.73 Å². The van der Waals surface area contributed by atoms with Gasteiger partial charge in [0.05, 0.1) is 4.90 Å². The monoisotopic (exact) mass is 284 g/mol. The second-order valence-electron chi connectivity index (χ2n) is 5.32. The van der Waals surface area contributed by atoms with Crippen molar-refractivity contribution in [2.45, 2.75) is 45.1 Å². The van der Waals surface area contributed by atoms with Crippen molar-refractivity contribution >= 4 is 10.0 Å². The second kappa shape index (κ2) is 6.50. The molecule has 0 spiro atoms. The Balaban J connectivity index is 3.06. The molecular formula is C14H24N2O2S. The van der Waals surface area contributed by atoms with E-state index in [9.17, 15) is 8.42 Å². The van der Waals surface area contributed by atoms with Crippen LogP contribution in [-0.4, -0.2) is 21.0 Å². The van der Waals surface area contributed by atoms with E-state index < -0.39 is 10.0 Å². The zero-order valence-electron chi connectivity index (χ0n) is 12.1. The lowest BCUT2D eigenvalue weighted by atomic mass is 10.0. The molecule has 0 aromatic heterocycles. The summed E-state index contributed by atoms with van der Waals surface area (Å²) in [6.07, 6.45) is 0.641. The molecule has 1 atom stereocenters. The molecule has 1 aromatic rings. The molecule has 19 heavy (non-hydrogen) atoms. The summed E-state index contributed by atoms with van der Waals surface area (Å²) in [5, 5.41) is 0. The van der Waals surface area contributed by atoms with Crippen LogP contribution in [-0.2, 0) is 10.0 Å². The second-order valence-corrected chi connectivity index (χ2v) is 7.00. The molecule has 4 nitrogen and oxygen atoms in total. The summed E-state index contributed by atoms with van der Waals surface area (Å²) in [4.78, 5) is 0.357. The Morgan fingerprint density at radius 1 is 1.26 bits per heavy atom. The highest BCUT2D eigenvalue weighted by atomic mass is 32.2. The van der Waals surface area contributed by atoms with Gasteiger partial charge in [0.25, 0.3) is 0 Å². The van der Waals surface area contributed by atoms with E-state index in [1.807, 2.05) is 32.9 Å². The minimum atomic E-state index is -3.49. The van der Waals surface area contributed by atoms with Crippen LogP contribution in [0.2, 0.25) is 0 Å². The van der Waals surface area contributed by atoms with E-state index in [2.05, 4.69) is 4.72 Å². The van der Waals surface area contributed by atoms with Gasteiger partial charge in [0, 0.05) is 6.04 Å². The molecule has 1 aromatic carbocycles. The van der Waals surface area contributed by atoms with E-state index in [1.165, 1.54) is 0 Å². The molecule has 1 rings (SSSR count). The zero-order chi connectivity index (χ0) is 14.6.